The second-order valence-electron chi connectivity index (χ2n) is 4.45. The van der Waals surface area contributed by atoms with Gasteiger partial charge in [-0.25, -0.2) is 0 Å². The van der Waals surface area contributed by atoms with Crippen molar-refractivity contribution in [3.8, 4) is 0 Å². The van der Waals surface area contributed by atoms with Gasteiger partial charge in [0, 0.05) is 13.3 Å². The third-order valence-corrected chi connectivity index (χ3v) is 2.28. The number of aliphatic hydroxyl groups excluding tert-OH is 1. The zero-order chi connectivity index (χ0) is 13.6. The number of ketones is 1. The first kappa shape index (κ1) is 15.8. The number of esters is 1. The smallest absolute Gasteiger partial charge is 0.302 e. The lowest BCUT2D eigenvalue weighted by molar-refractivity contribution is -0.139. The number of carbonyl (C=O) groups is 2. The molecule has 0 aromatic carbocycles. The van der Waals surface area contributed by atoms with Crippen LogP contribution in [0.5, 0.6) is 0 Å². The average molecular weight is 244 g/mol. The van der Waals surface area contributed by atoms with E-state index in [2.05, 4.69) is 4.74 Å². The van der Waals surface area contributed by atoms with Gasteiger partial charge in [0.2, 0.25) is 0 Å². The molecule has 0 aromatic heterocycles. The molecule has 0 aliphatic heterocycles. The molecule has 0 rings (SSSR count). The Labute approximate surface area is 101 Å². The predicted molar refractivity (Wildman–Crippen MR) is 62.3 cm³/mol. The Bertz CT molecular complexity index is 311. The van der Waals surface area contributed by atoms with E-state index in [1.165, 1.54) is 26.8 Å². The number of hydrogen-bond acceptors (Lipinski definition) is 5. The van der Waals surface area contributed by atoms with E-state index in [9.17, 15) is 19.8 Å². The highest BCUT2D eigenvalue weighted by Crippen LogP contribution is 2.12. The summed E-state index contributed by atoms with van der Waals surface area (Å²) in [7, 11) is 0. The predicted octanol–water partition coefficient (Wildman–Crippen LogP) is 0.587. The molecule has 0 aliphatic carbocycles. The van der Waals surface area contributed by atoms with Gasteiger partial charge in [0.05, 0.1) is 6.10 Å². The number of carbonyl (C=O) groups excluding carboxylic acids is 2. The minimum absolute atomic E-state index is 0.0644. The molecular weight excluding hydrogens is 224 g/mol. The van der Waals surface area contributed by atoms with Gasteiger partial charge in [-0.3, -0.25) is 9.59 Å². The zero-order valence-corrected chi connectivity index (χ0v) is 10.7. The van der Waals surface area contributed by atoms with Gasteiger partial charge in [-0.2, -0.15) is 0 Å². The lowest BCUT2D eigenvalue weighted by Crippen LogP contribution is -2.34. The summed E-state index contributed by atoms with van der Waals surface area (Å²) >= 11 is 0. The van der Waals surface area contributed by atoms with Crippen LogP contribution in [0, 0.1) is 0 Å². The minimum atomic E-state index is -1.45. The maximum Gasteiger partial charge on any atom is 0.302 e. The Hall–Kier alpha value is -1.20. The van der Waals surface area contributed by atoms with Gasteiger partial charge in [0.15, 0.2) is 5.78 Å². The molecule has 1 atom stereocenters. The lowest BCUT2D eigenvalue weighted by Gasteiger charge is -2.18. The maximum absolute atomic E-state index is 11.4. The van der Waals surface area contributed by atoms with Gasteiger partial charge in [0.25, 0.3) is 0 Å². The first-order valence-corrected chi connectivity index (χ1v) is 5.38. The molecule has 0 fully saturated rings. The summed E-state index contributed by atoms with van der Waals surface area (Å²) < 4.78 is 4.67. The lowest BCUT2D eigenvalue weighted by atomic mass is 9.96. The SMILES string of the molecule is CC(=O)OC/C=C(\C)C(O)CC(=O)C(C)(C)O. The molecule has 5 nitrogen and oxygen atoms in total. The van der Waals surface area contributed by atoms with Gasteiger partial charge in [-0.15, -0.1) is 0 Å². The van der Waals surface area contributed by atoms with E-state index in [1.54, 1.807) is 6.92 Å². The Balaban J connectivity index is 4.27. The molecule has 0 heterocycles. The van der Waals surface area contributed by atoms with E-state index in [1.807, 2.05) is 0 Å². The van der Waals surface area contributed by atoms with Crippen LogP contribution in [0.25, 0.3) is 0 Å². The van der Waals surface area contributed by atoms with E-state index in [-0.39, 0.29) is 13.0 Å². The quantitative estimate of drug-likeness (QED) is 0.527. The van der Waals surface area contributed by atoms with Gasteiger partial charge >= 0.3 is 5.97 Å². The van der Waals surface area contributed by atoms with Crippen LogP contribution in [0.3, 0.4) is 0 Å². The highest BCUT2D eigenvalue weighted by Gasteiger charge is 2.26. The van der Waals surface area contributed by atoms with E-state index < -0.39 is 23.5 Å². The molecule has 0 saturated heterocycles. The van der Waals surface area contributed by atoms with E-state index in [0.717, 1.165) is 0 Å². The van der Waals surface area contributed by atoms with E-state index in [0.29, 0.717) is 5.57 Å². The number of Topliss-reactive ketones (excluding diaryl/α,β-unsaturated/α-hetero) is 1. The molecule has 5 heteroatoms. The third kappa shape index (κ3) is 6.86. The topological polar surface area (TPSA) is 83.8 Å². The maximum atomic E-state index is 11.4. The van der Waals surface area contributed by atoms with Crippen molar-refractivity contribution in [2.24, 2.45) is 0 Å². The van der Waals surface area contributed by atoms with Gasteiger partial charge in [-0.1, -0.05) is 0 Å². The monoisotopic (exact) mass is 244 g/mol. The van der Waals surface area contributed by atoms with Gasteiger partial charge in [0.1, 0.15) is 12.2 Å². The molecule has 0 saturated carbocycles. The van der Waals surface area contributed by atoms with Crippen LogP contribution in [0.4, 0.5) is 0 Å². The van der Waals surface area contributed by atoms with E-state index >= 15 is 0 Å². The number of rotatable bonds is 6. The standard InChI is InChI=1S/C12H20O5/c1-8(5-6-17-9(2)13)10(14)7-11(15)12(3,4)16/h5,10,14,16H,6-7H2,1-4H3/b8-5+. The summed E-state index contributed by atoms with van der Waals surface area (Å²) in [5.41, 5.74) is -0.916. The van der Waals surface area contributed by atoms with Gasteiger partial charge < -0.3 is 14.9 Å². The molecule has 98 valence electrons. The fraction of sp³-hybridized carbons (Fsp3) is 0.667. The summed E-state index contributed by atoms with van der Waals surface area (Å²) in [6, 6.07) is 0. The van der Waals surface area contributed by atoms with Crippen molar-refractivity contribution < 1.29 is 24.5 Å². The Morgan fingerprint density at radius 3 is 2.29 bits per heavy atom. The second-order valence-corrected chi connectivity index (χ2v) is 4.45. The van der Waals surface area contributed by atoms with Crippen LogP contribution in [-0.2, 0) is 14.3 Å². The first-order valence-electron chi connectivity index (χ1n) is 5.38. The second kappa shape index (κ2) is 6.51. The fourth-order valence-corrected chi connectivity index (χ4v) is 1.01. The molecule has 0 bridgehead atoms. The van der Waals surface area contributed by atoms with E-state index in [4.69, 9.17) is 0 Å². The van der Waals surface area contributed by atoms with Crippen molar-refractivity contribution in [1.29, 1.82) is 0 Å². The third-order valence-electron chi connectivity index (χ3n) is 2.28. The van der Waals surface area contributed by atoms with Crippen molar-refractivity contribution in [1.82, 2.24) is 0 Å². The zero-order valence-electron chi connectivity index (χ0n) is 10.7. The summed E-state index contributed by atoms with van der Waals surface area (Å²) in [6.07, 6.45) is 0.403. The minimum Gasteiger partial charge on any atom is -0.462 e. The molecule has 0 aromatic rings. The number of aliphatic hydroxyl groups is 2. The average Bonchev–Trinajstić information content (AvgIpc) is 2.15. The molecule has 0 radical (unpaired) electrons. The van der Waals surface area contributed by atoms with Crippen molar-refractivity contribution in [3.05, 3.63) is 11.6 Å². The van der Waals surface area contributed by atoms with Crippen LogP contribution in [0.1, 0.15) is 34.1 Å². The Kier molecular flexibility index (Phi) is 6.05. The molecule has 1 unspecified atom stereocenters. The highest BCUT2D eigenvalue weighted by atomic mass is 16.5. The summed E-state index contributed by atoms with van der Waals surface area (Å²) in [4.78, 5) is 21.9. The Morgan fingerprint density at radius 1 is 1.35 bits per heavy atom. The molecule has 0 amide bonds. The molecule has 17 heavy (non-hydrogen) atoms. The van der Waals surface area contributed by atoms with Crippen LogP contribution in [0.2, 0.25) is 0 Å². The summed E-state index contributed by atoms with van der Waals surface area (Å²) in [5, 5.41) is 19.1. The first-order chi connectivity index (χ1) is 7.64. The van der Waals surface area contributed by atoms with Crippen LogP contribution < -0.4 is 0 Å². The van der Waals surface area contributed by atoms with Crippen molar-refractivity contribution in [2.75, 3.05) is 6.61 Å². The van der Waals surface area contributed by atoms with Crippen molar-refractivity contribution in [2.45, 2.75) is 45.8 Å². The molecule has 2 N–H and O–H groups in total. The largest absolute Gasteiger partial charge is 0.462 e. The number of hydrogen-bond donors (Lipinski definition) is 2. The molecule has 0 aliphatic rings. The Morgan fingerprint density at radius 2 is 1.88 bits per heavy atom. The van der Waals surface area contributed by atoms with Gasteiger partial charge in [-0.05, 0) is 32.4 Å². The van der Waals surface area contributed by atoms with Crippen LogP contribution in [0.15, 0.2) is 11.6 Å². The van der Waals surface area contributed by atoms with Crippen LogP contribution >= 0.6 is 0 Å². The van der Waals surface area contributed by atoms with Crippen LogP contribution in [-0.4, -0.2) is 40.3 Å². The fourth-order valence-electron chi connectivity index (χ4n) is 1.01. The number of ether oxygens (including phenoxy) is 1. The molecule has 0 spiro atoms. The normalized spacial score (nSPS) is 14.4. The summed E-state index contributed by atoms with van der Waals surface area (Å²) in [5.74, 6) is -0.846. The van der Waals surface area contributed by atoms with Crippen molar-refractivity contribution >= 4 is 11.8 Å². The van der Waals surface area contributed by atoms with Crippen molar-refractivity contribution in [3.63, 3.8) is 0 Å². The highest BCUT2D eigenvalue weighted by molar-refractivity contribution is 5.86. The summed E-state index contributed by atoms with van der Waals surface area (Å²) in [6.45, 7) is 5.73. The molecular formula is C12H20O5.